The predicted octanol–water partition coefficient (Wildman–Crippen LogP) is 3.05. The molecule has 1 aromatic rings. The smallest absolute Gasteiger partial charge is 0.322 e. The molecule has 0 spiro atoms. The first kappa shape index (κ1) is 18.3. The van der Waals surface area contributed by atoms with Gasteiger partial charge >= 0.3 is 6.03 Å². The average molecular weight is 333 g/mol. The van der Waals surface area contributed by atoms with Gasteiger partial charge in [0.15, 0.2) is 0 Å². The van der Waals surface area contributed by atoms with Crippen LogP contribution in [0.3, 0.4) is 0 Å². The molecular weight excluding hydrogens is 306 g/mol. The van der Waals surface area contributed by atoms with E-state index in [9.17, 15) is 9.59 Å². The van der Waals surface area contributed by atoms with Gasteiger partial charge in [-0.2, -0.15) is 0 Å². The van der Waals surface area contributed by atoms with E-state index in [4.69, 9.17) is 5.11 Å². The summed E-state index contributed by atoms with van der Waals surface area (Å²) in [6.45, 7) is 4.57. The normalized spacial score (nSPS) is 17.2. The molecule has 1 aromatic carbocycles. The number of aliphatic hydroxyl groups excluding tert-OH is 1. The van der Waals surface area contributed by atoms with Crippen molar-refractivity contribution in [1.29, 1.82) is 0 Å². The number of rotatable bonds is 6. The van der Waals surface area contributed by atoms with Crippen LogP contribution >= 0.6 is 0 Å². The van der Waals surface area contributed by atoms with Crippen LogP contribution in [0, 0.1) is 5.92 Å². The van der Waals surface area contributed by atoms with E-state index in [1.165, 1.54) is 0 Å². The molecule has 2 rings (SSSR count). The third-order valence-corrected chi connectivity index (χ3v) is 4.24. The van der Waals surface area contributed by atoms with Gasteiger partial charge in [-0.05, 0) is 43.9 Å². The maximum atomic E-state index is 12.5. The number of nitrogens with zero attached hydrogens (tertiary/aromatic N) is 1. The van der Waals surface area contributed by atoms with Gasteiger partial charge in [-0.1, -0.05) is 19.9 Å². The van der Waals surface area contributed by atoms with Crippen molar-refractivity contribution < 1.29 is 14.7 Å². The van der Waals surface area contributed by atoms with Crippen LogP contribution < -0.4 is 10.6 Å². The van der Waals surface area contributed by atoms with E-state index in [0.29, 0.717) is 17.8 Å². The molecule has 6 nitrogen and oxygen atoms in total. The quantitative estimate of drug-likeness (QED) is 0.748. The summed E-state index contributed by atoms with van der Waals surface area (Å²) in [6.07, 6.45) is 3.52. The van der Waals surface area contributed by atoms with Crippen LogP contribution in [0.4, 0.5) is 16.2 Å². The maximum Gasteiger partial charge on any atom is 0.322 e. The molecule has 0 radical (unpaired) electrons. The highest BCUT2D eigenvalue weighted by Crippen LogP contribution is 2.23. The third-order valence-electron chi connectivity index (χ3n) is 4.24. The molecule has 1 heterocycles. The predicted molar refractivity (Wildman–Crippen MR) is 95.0 cm³/mol. The number of hydrogen-bond acceptors (Lipinski definition) is 3. The first-order valence-corrected chi connectivity index (χ1v) is 8.60. The molecule has 1 aliphatic rings. The molecule has 132 valence electrons. The molecule has 0 bridgehead atoms. The van der Waals surface area contributed by atoms with Gasteiger partial charge in [-0.3, -0.25) is 4.79 Å². The Hall–Kier alpha value is -2.08. The number of aliphatic hydroxyl groups is 1. The first-order valence-electron chi connectivity index (χ1n) is 8.60. The summed E-state index contributed by atoms with van der Waals surface area (Å²) in [5.74, 6) is -0.151. The summed E-state index contributed by atoms with van der Waals surface area (Å²) in [5, 5.41) is 14.7. The van der Waals surface area contributed by atoms with Crippen molar-refractivity contribution in [2.75, 3.05) is 23.8 Å². The zero-order valence-corrected chi connectivity index (χ0v) is 14.4. The van der Waals surface area contributed by atoms with E-state index < -0.39 is 0 Å². The van der Waals surface area contributed by atoms with Crippen molar-refractivity contribution in [1.82, 2.24) is 4.90 Å². The molecule has 1 saturated heterocycles. The van der Waals surface area contributed by atoms with Crippen molar-refractivity contribution in [2.24, 2.45) is 5.92 Å². The van der Waals surface area contributed by atoms with Crippen LogP contribution in [0.2, 0.25) is 0 Å². The van der Waals surface area contributed by atoms with E-state index in [1.807, 2.05) is 24.8 Å². The van der Waals surface area contributed by atoms with E-state index >= 15 is 0 Å². The van der Waals surface area contributed by atoms with Gasteiger partial charge in [0.25, 0.3) is 0 Å². The molecule has 0 saturated carbocycles. The van der Waals surface area contributed by atoms with Gasteiger partial charge in [0.2, 0.25) is 5.91 Å². The number of amides is 3. The van der Waals surface area contributed by atoms with E-state index in [0.717, 1.165) is 25.8 Å². The minimum atomic E-state index is -0.122. The Morgan fingerprint density at radius 3 is 2.67 bits per heavy atom. The number of nitrogens with one attached hydrogen (secondary N) is 2. The second-order valence-electron chi connectivity index (χ2n) is 6.51. The lowest BCUT2D eigenvalue weighted by Crippen LogP contribution is -2.38. The van der Waals surface area contributed by atoms with Gasteiger partial charge in [-0.25, -0.2) is 4.79 Å². The van der Waals surface area contributed by atoms with Gasteiger partial charge in [-0.15, -0.1) is 0 Å². The third kappa shape index (κ3) is 4.96. The van der Waals surface area contributed by atoms with Crippen LogP contribution in [0.5, 0.6) is 0 Å². The van der Waals surface area contributed by atoms with Crippen molar-refractivity contribution in [2.45, 2.75) is 45.6 Å². The lowest BCUT2D eigenvalue weighted by Gasteiger charge is -2.25. The molecule has 0 aromatic heterocycles. The topological polar surface area (TPSA) is 81.7 Å². The molecular formula is C18H27N3O3. The zero-order chi connectivity index (χ0) is 17.5. The summed E-state index contributed by atoms with van der Waals surface area (Å²) in [7, 11) is 0. The SMILES string of the molecule is CC(C)C(=O)Nc1cccc(NC(=O)N2CCC[C@H]2CCCO)c1. The van der Waals surface area contributed by atoms with Crippen LogP contribution in [-0.2, 0) is 4.79 Å². The standard InChI is InChI=1S/C18H27N3O3/c1-13(2)17(23)19-14-6-3-7-15(12-14)20-18(24)21-10-4-8-16(21)9-5-11-22/h3,6-7,12-13,16,22H,4-5,8-11H2,1-2H3,(H,19,23)(H,20,24)/t16-/m0/s1. The number of carbonyl (C=O) groups is 2. The summed E-state index contributed by atoms with van der Waals surface area (Å²) in [6, 6.07) is 7.25. The van der Waals surface area contributed by atoms with Crippen molar-refractivity contribution in [3.8, 4) is 0 Å². The summed E-state index contributed by atoms with van der Waals surface area (Å²) in [4.78, 5) is 26.1. The fourth-order valence-electron chi connectivity index (χ4n) is 2.89. The molecule has 1 aliphatic heterocycles. The Morgan fingerprint density at radius 2 is 2.00 bits per heavy atom. The van der Waals surface area contributed by atoms with Crippen molar-refractivity contribution >= 4 is 23.3 Å². The molecule has 24 heavy (non-hydrogen) atoms. The Morgan fingerprint density at radius 1 is 1.29 bits per heavy atom. The fourth-order valence-corrected chi connectivity index (χ4v) is 2.89. The van der Waals surface area contributed by atoms with Gasteiger partial charge < -0.3 is 20.6 Å². The fraction of sp³-hybridized carbons (Fsp3) is 0.556. The molecule has 1 atom stereocenters. The first-order chi connectivity index (χ1) is 11.5. The Bertz CT molecular complexity index is 574. The monoisotopic (exact) mass is 333 g/mol. The minimum absolute atomic E-state index is 0.0536. The molecule has 0 unspecified atom stereocenters. The van der Waals surface area contributed by atoms with E-state index in [-0.39, 0.29) is 30.5 Å². The Labute approximate surface area is 143 Å². The average Bonchev–Trinajstić information content (AvgIpc) is 3.01. The zero-order valence-electron chi connectivity index (χ0n) is 14.4. The molecule has 0 aliphatic carbocycles. The summed E-state index contributed by atoms with van der Waals surface area (Å²) < 4.78 is 0. The van der Waals surface area contributed by atoms with Crippen LogP contribution in [0.1, 0.15) is 39.5 Å². The summed E-state index contributed by atoms with van der Waals surface area (Å²) >= 11 is 0. The Balaban J connectivity index is 1.97. The van der Waals surface area contributed by atoms with Gasteiger partial charge in [0, 0.05) is 36.5 Å². The number of benzene rings is 1. The number of carbonyl (C=O) groups excluding carboxylic acids is 2. The van der Waals surface area contributed by atoms with Crippen LogP contribution in [0.15, 0.2) is 24.3 Å². The molecule has 3 N–H and O–H groups in total. The van der Waals surface area contributed by atoms with Crippen molar-refractivity contribution in [3.63, 3.8) is 0 Å². The highest BCUT2D eigenvalue weighted by molar-refractivity contribution is 5.94. The highest BCUT2D eigenvalue weighted by atomic mass is 16.3. The highest BCUT2D eigenvalue weighted by Gasteiger charge is 2.28. The lowest BCUT2D eigenvalue weighted by atomic mass is 10.1. The van der Waals surface area contributed by atoms with Crippen LogP contribution in [-0.4, -0.2) is 41.1 Å². The van der Waals surface area contributed by atoms with Gasteiger partial charge in [0.05, 0.1) is 0 Å². The number of urea groups is 1. The molecule has 6 heteroatoms. The van der Waals surface area contributed by atoms with E-state index in [2.05, 4.69) is 10.6 Å². The Kier molecular flexibility index (Phi) is 6.61. The lowest BCUT2D eigenvalue weighted by molar-refractivity contribution is -0.118. The van der Waals surface area contributed by atoms with Gasteiger partial charge in [0.1, 0.15) is 0 Å². The molecule has 1 fully saturated rings. The maximum absolute atomic E-state index is 12.5. The number of anilines is 2. The van der Waals surface area contributed by atoms with E-state index in [1.54, 1.807) is 18.2 Å². The minimum Gasteiger partial charge on any atom is -0.396 e. The second-order valence-corrected chi connectivity index (χ2v) is 6.51. The van der Waals surface area contributed by atoms with Crippen molar-refractivity contribution in [3.05, 3.63) is 24.3 Å². The largest absolute Gasteiger partial charge is 0.396 e. The number of likely N-dealkylation sites (tertiary alicyclic amines) is 1. The van der Waals surface area contributed by atoms with Crippen LogP contribution in [0.25, 0.3) is 0 Å². The summed E-state index contributed by atoms with van der Waals surface area (Å²) in [5.41, 5.74) is 1.33. The second kappa shape index (κ2) is 8.68. The number of hydrogen-bond donors (Lipinski definition) is 3. The molecule has 3 amide bonds.